The van der Waals surface area contributed by atoms with Crippen LogP contribution in [-0.4, -0.2) is 165 Å². The molecule has 20 heteroatoms. The van der Waals surface area contributed by atoms with Gasteiger partial charge in [-0.2, -0.15) is 0 Å². The fourth-order valence-corrected chi connectivity index (χ4v) is 6.21. The first-order chi connectivity index (χ1) is 26.2. The Labute approximate surface area is 324 Å². The Kier molecular flexibility index (Phi) is 31.1. The number of aliphatic carboxylic acids is 3. The third kappa shape index (κ3) is 31.7. The van der Waals surface area contributed by atoms with Gasteiger partial charge in [0, 0.05) is 52.7 Å². The van der Waals surface area contributed by atoms with Gasteiger partial charge in [0.25, 0.3) is 0 Å². The fraction of sp³-hybridized carbons (Fsp3) is 0.829. The highest BCUT2D eigenvalue weighted by Gasteiger charge is 2.25. The molecule has 19 nitrogen and oxygen atoms in total. The third-order valence-corrected chi connectivity index (χ3v) is 9.62. The van der Waals surface area contributed by atoms with Crippen LogP contribution < -0.4 is 5.32 Å². The van der Waals surface area contributed by atoms with Crippen LogP contribution in [0.4, 0.5) is 0 Å². The van der Waals surface area contributed by atoms with Crippen LogP contribution in [-0.2, 0) is 56.4 Å². The lowest BCUT2D eigenvalue weighted by molar-refractivity contribution is -0.145. The van der Waals surface area contributed by atoms with Crippen molar-refractivity contribution < 1.29 is 71.7 Å². The van der Waals surface area contributed by atoms with E-state index in [1.807, 2.05) is 0 Å². The minimum Gasteiger partial charge on any atom is -0.480 e. The molecule has 1 unspecified atom stereocenters. The van der Waals surface area contributed by atoms with Crippen LogP contribution in [0.15, 0.2) is 0 Å². The van der Waals surface area contributed by atoms with Gasteiger partial charge in [0.2, 0.25) is 5.91 Å². The first-order valence-electron chi connectivity index (χ1n) is 19.0. The fourth-order valence-electron chi connectivity index (χ4n) is 5.26. The molecule has 0 aromatic rings. The van der Waals surface area contributed by atoms with E-state index >= 15 is 0 Å². The highest BCUT2D eigenvalue weighted by molar-refractivity contribution is 7.48. The van der Waals surface area contributed by atoms with Crippen molar-refractivity contribution >= 4 is 43.6 Å². The summed E-state index contributed by atoms with van der Waals surface area (Å²) < 4.78 is 37.9. The maximum Gasteiger partial charge on any atom is 0.474 e. The van der Waals surface area contributed by atoms with Gasteiger partial charge in [0.05, 0.1) is 59.7 Å². The molecule has 320 valence electrons. The molecule has 0 heterocycles. The van der Waals surface area contributed by atoms with Crippen molar-refractivity contribution in [3.8, 4) is 0 Å². The number of phosphoric acid groups is 1. The van der Waals surface area contributed by atoms with Gasteiger partial charge >= 0.3 is 37.7 Å². The summed E-state index contributed by atoms with van der Waals surface area (Å²) in [7, 11) is -1.69. The van der Waals surface area contributed by atoms with Crippen molar-refractivity contribution in [1.29, 1.82) is 0 Å². The molecule has 1 amide bonds. The highest BCUT2D eigenvalue weighted by Crippen LogP contribution is 2.48. The molecule has 0 aromatic carbocycles. The normalized spacial score (nSPS) is 12.5. The van der Waals surface area contributed by atoms with Crippen molar-refractivity contribution in [3.63, 3.8) is 0 Å². The number of carboxylic acids is 3. The second kappa shape index (κ2) is 33.0. The number of carbonyl (C=O) groups excluding carboxylic acids is 3. The minimum absolute atomic E-state index is 0.00205. The van der Waals surface area contributed by atoms with Gasteiger partial charge in [-0.15, -0.1) is 0 Å². The zero-order chi connectivity index (χ0) is 41.3. The van der Waals surface area contributed by atoms with E-state index in [1.54, 1.807) is 0 Å². The summed E-state index contributed by atoms with van der Waals surface area (Å²) in [4.78, 5) is 74.3. The number of amides is 1. The average Bonchev–Trinajstić information content (AvgIpc) is 3.12. The maximum atomic E-state index is 12.7. The zero-order valence-electron chi connectivity index (χ0n) is 32.9. The number of phosphoric ester groups is 1. The van der Waals surface area contributed by atoms with Gasteiger partial charge in [-0.3, -0.25) is 57.0 Å². The number of unbranched alkanes of at least 4 members (excludes halogenated alkanes) is 10. The Balaban J connectivity index is 4.51. The lowest BCUT2D eigenvalue weighted by Gasteiger charge is -2.27. The van der Waals surface area contributed by atoms with Crippen LogP contribution in [0.25, 0.3) is 0 Å². The van der Waals surface area contributed by atoms with Gasteiger partial charge in [0.15, 0.2) is 0 Å². The van der Waals surface area contributed by atoms with Gasteiger partial charge in [0.1, 0.15) is 0 Å². The Morgan fingerprint density at radius 1 is 0.564 bits per heavy atom. The molecule has 0 aliphatic carbocycles. The maximum absolute atomic E-state index is 12.7. The number of ether oxygens (including phenoxy) is 2. The third-order valence-electron chi connectivity index (χ3n) is 8.17. The van der Waals surface area contributed by atoms with Crippen LogP contribution >= 0.6 is 7.82 Å². The number of esters is 2. The van der Waals surface area contributed by atoms with Crippen molar-refractivity contribution in [3.05, 3.63) is 0 Å². The predicted molar refractivity (Wildman–Crippen MR) is 200 cm³/mol. The molecule has 0 saturated carbocycles. The van der Waals surface area contributed by atoms with E-state index < -0.39 is 57.2 Å². The van der Waals surface area contributed by atoms with E-state index in [1.165, 1.54) is 66.1 Å². The molecule has 0 aliphatic rings. The van der Waals surface area contributed by atoms with E-state index in [-0.39, 0.29) is 78.0 Å². The number of carbonyl (C=O) groups is 6. The molecule has 0 spiro atoms. The summed E-state index contributed by atoms with van der Waals surface area (Å²) in [6.07, 6.45) is 13.6. The van der Waals surface area contributed by atoms with E-state index in [9.17, 15) is 43.5 Å². The van der Waals surface area contributed by atoms with Gasteiger partial charge in [-0.25, -0.2) is 4.57 Å². The lowest BCUT2D eigenvalue weighted by atomic mass is 10.1. The molecule has 0 fully saturated rings. The van der Waals surface area contributed by atoms with E-state index in [4.69, 9.17) is 23.4 Å². The smallest absolute Gasteiger partial charge is 0.474 e. The minimum atomic E-state index is -3.97. The van der Waals surface area contributed by atoms with Crippen LogP contribution in [0.3, 0.4) is 0 Å². The monoisotopic (exact) mass is 812 g/mol. The van der Waals surface area contributed by atoms with Crippen LogP contribution in [0.5, 0.6) is 0 Å². The number of methoxy groups -OCH3 is 1. The molecule has 0 saturated heterocycles. The highest BCUT2D eigenvalue weighted by atomic mass is 31.2. The SMILES string of the molecule is CCCCCCCCCCCCCC(=O)OCCCOP(=O)(OC)OCCNC(=O)CN(CCN(CCN(CC(=O)O)CC(=O)OC)CC(=O)O)CC(=O)O. The summed E-state index contributed by atoms with van der Waals surface area (Å²) in [6.45, 7) is -0.405. The zero-order valence-corrected chi connectivity index (χ0v) is 33.8. The second-order valence-electron chi connectivity index (χ2n) is 13.0. The van der Waals surface area contributed by atoms with E-state index in [0.717, 1.165) is 33.5 Å². The van der Waals surface area contributed by atoms with E-state index in [0.29, 0.717) is 6.42 Å². The van der Waals surface area contributed by atoms with Gasteiger partial charge in [-0.1, -0.05) is 71.1 Å². The molecule has 0 rings (SSSR count). The summed E-state index contributed by atoms with van der Waals surface area (Å²) in [5.74, 6) is -5.19. The molecule has 0 bridgehead atoms. The Bertz CT molecular complexity index is 1160. The topological polar surface area (TPSA) is 248 Å². The van der Waals surface area contributed by atoms with Gasteiger partial charge in [-0.05, 0) is 6.42 Å². The second-order valence-corrected chi connectivity index (χ2v) is 14.7. The molecule has 1 atom stereocenters. The molecular weight excluding hydrogens is 747 g/mol. The number of hydrogen-bond donors (Lipinski definition) is 4. The summed E-state index contributed by atoms with van der Waals surface area (Å²) in [5, 5.41) is 30.3. The molecule has 0 aromatic heterocycles. The van der Waals surface area contributed by atoms with Crippen molar-refractivity contribution in [2.75, 3.05) is 99.5 Å². The molecule has 0 aliphatic heterocycles. The predicted octanol–water partition coefficient (Wildman–Crippen LogP) is 2.86. The quantitative estimate of drug-likeness (QED) is 0.0398. The van der Waals surface area contributed by atoms with Crippen LogP contribution in [0.2, 0.25) is 0 Å². The van der Waals surface area contributed by atoms with Crippen molar-refractivity contribution in [2.24, 2.45) is 0 Å². The number of carboxylic acid groups (broad SMARTS) is 3. The van der Waals surface area contributed by atoms with Gasteiger partial charge < -0.3 is 30.1 Å². The molecular formula is C35H65N4O15P. The van der Waals surface area contributed by atoms with Crippen LogP contribution in [0, 0.1) is 0 Å². The number of nitrogens with one attached hydrogen (secondary N) is 1. The van der Waals surface area contributed by atoms with Crippen LogP contribution in [0.1, 0.15) is 90.4 Å². The summed E-state index contributed by atoms with van der Waals surface area (Å²) in [6, 6.07) is 0. The Hall–Kier alpha value is -3.19. The van der Waals surface area contributed by atoms with Crippen molar-refractivity contribution in [1.82, 2.24) is 20.0 Å². The molecule has 55 heavy (non-hydrogen) atoms. The first-order valence-corrected chi connectivity index (χ1v) is 20.5. The average molecular weight is 813 g/mol. The summed E-state index contributed by atoms with van der Waals surface area (Å²) in [5.41, 5.74) is 0. The number of rotatable bonds is 38. The van der Waals surface area contributed by atoms with Crippen molar-refractivity contribution in [2.45, 2.75) is 90.4 Å². The first kappa shape index (κ1) is 51.8. The molecule has 0 radical (unpaired) electrons. The number of hydrogen-bond acceptors (Lipinski definition) is 15. The summed E-state index contributed by atoms with van der Waals surface area (Å²) >= 11 is 0. The largest absolute Gasteiger partial charge is 0.480 e. The Morgan fingerprint density at radius 3 is 1.55 bits per heavy atom. The Morgan fingerprint density at radius 2 is 1.04 bits per heavy atom. The molecule has 4 N–H and O–H groups in total. The number of nitrogens with zero attached hydrogens (tertiary/aromatic N) is 3. The lowest BCUT2D eigenvalue weighted by Crippen LogP contribution is -2.46. The standard InChI is InChI=1S/C35H65N4O15P/c1-4-5-6-7-8-9-10-11-12-13-14-16-34(47)52-22-15-23-53-55(49,51-3)54-24-17-36-30(40)25-38(27-32(43)44)20-18-37(26-31(41)42)19-21-39(28-33(45)46)29-35(48)50-2/h4-29H2,1-3H3,(H,36,40)(H,41,42)(H,43,44)(H,45,46). The van der Waals surface area contributed by atoms with E-state index in [2.05, 4.69) is 17.0 Å².